The van der Waals surface area contributed by atoms with Gasteiger partial charge in [-0.1, -0.05) is 12.8 Å². The molecule has 1 spiro atoms. The molecule has 3 saturated carbocycles. The van der Waals surface area contributed by atoms with Gasteiger partial charge < -0.3 is 5.73 Å². The molecular weight excluding hydrogens is 208 g/mol. The molecule has 2 nitrogen and oxygen atoms in total. The molecule has 3 aliphatic carbocycles. The maximum Gasteiger partial charge on any atom is 0.0332 e. The van der Waals surface area contributed by atoms with E-state index in [4.69, 9.17) is 5.73 Å². The van der Waals surface area contributed by atoms with Crippen LogP contribution < -0.4 is 5.73 Å². The summed E-state index contributed by atoms with van der Waals surface area (Å²) in [6, 6.07) is 0.858. The highest BCUT2D eigenvalue weighted by molar-refractivity contribution is 5.03. The monoisotopic (exact) mass is 236 g/mol. The first kappa shape index (κ1) is 12.0. The van der Waals surface area contributed by atoms with Gasteiger partial charge in [0, 0.05) is 18.1 Å². The van der Waals surface area contributed by atoms with Gasteiger partial charge in [0.1, 0.15) is 0 Å². The van der Waals surface area contributed by atoms with Gasteiger partial charge in [-0.2, -0.15) is 0 Å². The fourth-order valence-electron chi connectivity index (χ4n) is 4.42. The van der Waals surface area contributed by atoms with E-state index in [1.165, 1.54) is 64.2 Å². The summed E-state index contributed by atoms with van der Waals surface area (Å²) in [5, 5.41) is 0. The van der Waals surface area contributed by atoms with Gasteiger partial charge in [-0.3, -0.25) is 4.90 Å². The van der Waals surface area contributed by atoms with Crippen LogP contribution in [0.1, 0.15) is 64.2 Å². The number of nitrogens with zero attached hydrogens (tertiary/aromatic N) is 1. The molecule has 17 heavy (non-hydrogen) atoms. The normalized spacial score (nSPS) is 31.2. The summed E-state index contributed by atoms with van der Waals surface area (Å²) >= 11 is 0. The lowest BCUT2D eigenvalue weighted by Crippen LogP contribution is -2.56. The van der Waals surface area contributed by atoms with Gasteiger partial charge in [0.05, 0.1) is 0 Å². The van der Waals surface area contributed by atoms with Gasteiger partial charge in [0.2, 0.25) is 0 Å². The molecule has 3 aliphatic rings. The minimum absolute atomic E-state index is 0.356. The Hall–Kier alpha value is -0.0800. The standard InChI is InChI=1S/C15H28N2/c1-17(13-4-5-13)15(12-16)10-8-14(9-11-15)6-2-3-7-14/h13H,2-12,16H2,1H3. The maximum atomic E-state index is 6.15. The maximum absolute atomic E-state index is 6.15. The number of rotatable bonds is 3. The third-order valence-electron chi connectivity index (χ3n) is 6.13. The van der Waals surface area contributed by atoms with Crippen LogP contribution in [0.5, 0.6) is 0 Å². The molecule has 0 bridgehead atoms. The highest BCUT2D eigenvalue weighted by Gasteiger charge is 2.47. The van der Waals surface area contributed by atoms with E-state index < -0.39 is 0 Å². The molecule has 0 saturated heterocycles. The van der Waals surface area contributed by atoms with E-state index in [1.807, 2.05) is 0 Å². The highest BCUT2D eigenvalue weighted by Crippen LogP contribution is 2.53. The van der Waals surface area contributed by atoms with Crippen LogP contribution in [0.2, 0.25) is 0 Å². The first-order valence-corrected chi connectivity index (χ1v) is 7.63. The van der Waals surface area contributed by atoms with Crippen LogP contribution in [-0.4, -0.2) is 30.1 Å². The Morgan fingerprint density at radius 2 is 1.59 bits per heavy atom. The summed E-state index contributed by atoms with van der Waals surface area (Å²) in [5.41, 5.74) is 7.25. The van der Waals surface area contributed by atoms with E-state index >= 15 is 0 Å². The van der Waals surface area contributed by atoms with Gasteiger partial charge in [0.15, 0.2) is 0 Å². The van der Waals surface area contributed by atoms with E-state index in [1.54, 1.807) is 0 Å². The third kappa shape index (κ3) is 2.04. The molecule has 0 radical (unpaired) electrons. The average Bonchev–Trinajstić information content (AvgIpc) is 3.12. The van der Waals surface area contributed by atoms with Crippen LogP contribution in [0.15, 0.2) is 0 Å². The Morgan fingerprint density at radius 3 is 2.06 bits per heavy atom. The van der Waals surface area contributed by atoms with Crippen LogP contribution in [0.3, 0.4) is 0 Å². The van der Waals surface area contributed by atoms with Gasteiger partial charge in [-0.25, -0.2) is 0 Å². The van der Waals surface area contributed by atoms with E-state index in [9.17, 15) is 0 Å². The van der Waals surface area contributed by atoms with E-state index in [0.717, 1.165) is 18.0 Å². The van der Waals surface area contributed by atoms with Crippen molar-refractivity contribution in [2.75, 3.05) is 13.6 Å². The topological polar surface area (TPSA) is 29.3 Å². The average molecular weight is 236 g/mol. The van der Waals surface area contributed by atoms with Crippen LogP contribution >= 0.6 is 0 Å². The lowest BCUT2D eigenvalue weighted by atomic mass is 9.66. The molecule has 0 aromatic rings. The van der Waals surface area contributed by atoms with Crippen molar-refractivity contribution in [1.29, 1.82) is 0 Å². The van der Waals surface area contributed by atoms with Crippen molar-refractivity contribution in [1.82, 2.24) is 4.90 Å². The molecule has 0 aromatic carbocycles. The Labute approximate surface area is 106 Å². The summed E-state index contributed by atoms with van der Waals surface area (Å²) in [6.45, 7) is 0.871. The summed E-state index contributed by atoms with van der Waals surface area (Å²) in [6.07, 6.45) is 14.4. The minimum atomic E-state index is 0.356. The fraction of sp³-hybridized carbons (Fsp3) is 1.00. The summed E-state index contributed by atoms with van der Waals surface area (Å²) in [4.78, 5) is 2.65. The Kier molecular flexibility index (Phi) is 2.99. The predicted octanol–water partition coefficient (Wildman–Crippen LogP) is 2.91. The van der Waals surface area contributed by atoms with E-state index in [2.05, 4.69) is 11.9 Å². The summed E-state index contributed by atoms with van der Waals surface area (Å²) in [7, 11) is 2.33. The number of likely N-dealkylation sites (N-methyl/N-ethyl adjacent to an activating group) is 1. The van der Waals surface area contributed by atoms with Crippen molar-refractivity contribution in [2.24, 2.45) is 11.1 Å². The molecule has 2 N–H and O–H groups in total. The molecule has 3 rings (SSSR count). The number of hydrogen-bond donors (Lipinski definition) is 1. The molecule has 0 aromatic heterocycles. The molecule has 0 aliphatic heterocycles. The van der Waals surface area contributed by atoms with Crippen molar-refractivity contribution in [3.63, 3.8) is 0 Å². The highest BCUT2D eigenvalue weighted by atomic mass is 15.2. The summed E-state index contributed by atoms with van der Waals surface area (Å²) < 4.78 is 0. The molecule has 0 atom stereocenters. The molecule has 0 unspecified atom stereocenters. The molecule has 98 valence electrons. The van der Waals surface area contributed by atoms with Crippen LogP contribution in [0.4, 0.5) is 0 Å². The van der Waals surface area contributed by atoms with Gasteiger partial charge >= 0.3 is 0 Å². The van der Waals surface area contributed by atoms with Crippen LogP contribution in [0, 0.1) is 5.41 Å². The second-order valence-corrected chi connectivity index (χ2v) is 6.98. The lowest BCUT2D eigenvalue weighted by molar-refractivity contribution is 0.0256. The van der Waals surface area contributed by atoms with Gasteiger partial charge in [-0.05, 0) is 63.8 Å². The number of nitrogens with two attached hydrogens (primary N) is 1. The first-order valence-electron chi connectivity index (χ1n) is 7.63. The largest absolute Gasteiger partial charge is 0.329 e. The quantitative estimate of drug-likeness (QED) is 0.816. The zero-order valence-electron chi connectivity index (χ0n) is 11.4. The van der Waals surface area contributed by atoms with Gasteiger partial charge in [-0.15, -0.1) is 0 Å². The second kappa shape index (κ2) is 4.24. The zero-order chi connectivity index (χ0) is 11.9. The molecule has 3 fully saturated rings. The Bertz CT molecular complexity index is 267. The lowest BCUT2D eigenvalue weighted by Gasteiger charge is -2.49. The molecule has 0 heterocycles. The molecular formula is C15H28N2. The Balaban J connectivity index is 1.67. The van der Waals surface area contributed by atoms with Crippen molar-refractivity contribution < 1.29 is 0 Å². The van der Waals surface area contributed by atoms with Crippen molar-refractivity contribution in [2.45, 2.75) is 75.8 Å². The minimum Gasteiger partial charge on any atom is -0.329 e. The van der Waals surface area contributed by atoms with Crippen molar-refractivity contribution in [3.05, 3.63) is 0 Å². The Morgan fingerprint density at radius 1 is 1.00 bits per heavy atom. The SMILES string of the molecule is CN(C1CC1)C1(CN)CCC2(CCCC2)CC1. The van der Waals surface area contributed by atoms with Gasteiger partial charge in [0.25, 0.3) is 0 Å². The van der Waals surface area contributed by atoms with Crippen molar-refractivity contribution >= 4 is 0 Å². The van der Waals surface area contributed by atoms with E-state index in [-0.39, 0.29) is 0 Å². The van der Waals surface area contributed by atoms with Crippen molar-refractivity contribution in [3.8, 4) is 0 Å². The second-order valence-electron chi connectivity index (χ2n) is 6.98. The zero-order valence-corrected chi connectivity index (χ0v) is 11.4. The van der Waals surface area contributed by atoms with Crippen LogP contribution in [-0.2, 0) is 0 Å². The third-order valence-corrected chi connectivity index (χ3v) is 6.13. The van der Waals surface area contributed by atoms with E-state index in [0.29, 0.717) is 5.54 Å². The molecule has 0 amide bonds. The molecule has 2 heteroatoms. The fourth-order valence-corrected chi connectivity index (χ4v) is 4.42. The van der Waals surface area contributed by atoms with Crippen LogP contribution in [0.25, 0.3) is 0 Å². The summed E-state index contributed by atoms with van der Waals surface area (Å²) in [5.74, 6) is 0. The number of hydrogen-bond acceptors (Lipinski definition) is 2. The smallest absolute Gasteiger partial charge is 0.0332 e. The first-order chi connectivity index (χ1) is 8.20. The predicted molar refractivity (Wildman–Crippen MR) is 71.9 cm³/mol.